The second-order valence-electron chi connectivity index (χ2n) is 8.05. The van der Waals surface area contributed by atoms with Gasteiger partial charge >= 0.3 is 6.09 Å². The SMILES string of the molecule is CC(NC[C@@H](O)[C@H](Cc1ccccc1)NC(=O)OC(C)(C)C)c1ccccc1. The first-order valence-electron chi connectivity index (χ1n) is 9.74. The summed E-state index contributed by atoms with van der Waals surface area (Å²) in [5.41, 5.74) is 1.60. The summed E-state index contributed by atoms with van der Waals surface area (Å²) in [6.45, 7) is 7.85. The monoisotopic (exact) mass is 384 g/mol. The van der Waals surface area contributed by atoms with Crippen LogP contribution in [0.25, 0.3) is 0 Å². The minimum Gasteiger partial charge on any atom is -0.444 e. The summed E-state index contributed by atoms with van der Waals surface area (Å²) in [5, 5.41) is 17.0. The normalized spacial score (nSPS) is 14.8. The minimum absolute atomic E-state index is 0.0924. The number of amides is 1. The van der Waals surface area contributed by atoms with Crippen LogP contribution in [0.2, 0.25) is 0 Å². The Balaban J connectivity index is 2.01. The molecule has 0 heterocycles. The molecule has 1 amide bonds. The Bertz CT molecular complexity index is 714. The number of nitrogens with one attached hydrogen (secondary N) is 2. The molecular formula is C23H32N2O3. The van der Waals surface area contributed by atoms with Crippen LogP contribution in [-0.2, 0) is 11.2 Å². The summed E-state index contributed by atoms with van der Waals surface area (Å²) in [4.78, 5) is 12.3. The number of aliphatic hydroxyl groups is 1. The summed E-state index contributed by atoms with van der Waals surface area (Å²) >= 11 is 0. The third-order valence-electron chi connectivity index (χ3n) is 4.40. The number of hydrogen-bond donors (Lipinski definition) is 3. The lowest BCUT2D eigenvalue weighted by atomic mass is 10.0. The van der Waals surface area contributed by atoms with Crippen molar-refractivity contribution in [3.63, 3.8) is 0 Å². The van der Waals surface area contributed by atoms with Gasteiger partial charge < -0.3 is 20.5 Å². The molecule has 0 saturated heterocycles. The standard InChI is InChI=1S/C23H32N2O3/c1-17(19-13-9-6-10-14-19)24-16-21(26)20(15-18-11-7-5-8-12-18)25-22(27)28-23(2,3)4/h5-14,17,20-21,24,26H,15-16H2,1-4H3,(H,25,27)/t17?,20-,21+/m0/s1. The Hall–Kier alpha value is -2.37. The topological polar surface area (TPSA) is 70.6 Å². The highest BCUT2D eigenvalue weighted by Gasteiger charge is 2.25. The number of carbonyl (C=O) groups excluding carboxylic acids is 1. The van der Waals surface area contributed by atoms with E-state index in [1.165, 1.54) is 0 Å². The maximum absolute atomic E-state index is 12.3. The van der Waals surface area contributed by atoms with Crippen LogP contribution in [0, 0.1) is 0 Å². The van der Waals surface area contributed by atoms with Gasteiger partial charge in [0.2, 0.25) is 0 Å². The maximum Gasteiger partial charge on any atom is 0.407 e. The number of carbonyl (C=O) groups is 1. The van der Waals surface area contributed by atoms with E-state index in [1.807, 2.05) is 81.4 Å². The maximum atomic E-state index is 12.3. The Kier molecular flexibility index (Phi) is 8.03. The first kappa shape index (κ1) is 21.9. The summed E-state index contributed by atoms with van der Waals surface area (Å²) < 4.78 is 5.37. The molecule has 0 fully saturated rings. The number of rotatable bonds is 8. The van der Waals surface area contributed by atoms with Gasteiger partial charge in [0.25, 0.3) is 0 Å². The van der Waals surface area contributed by atoms with E-state index in [0.29, 0.717) is 13.0 Å². The zero-order valence-corrected chi connectivity index (χ0v) is 17.2. The zero-order valence-electron chi connectivity index (χ0n) is 17.2. The molecule has 1 unspecified atom stereocenters. The fourth-order valence-corrected chi connectivity index (χ4v) is 2.91. The van der Waals surface area contributed by atoms with Crippen molar-refractivity contribution in [2.24, 2.45) is 0 Å². The van der Waals surface area contributed by atoms with Gasteiger partial charge in [0.15, 0.2) is 0 Å². The molecule has 28 heavy (non-hydrogen) atoms. The molecule has 3 N–H and O–H groups in total. The van der Waals surface area contributed by atoms with Crippen molar-refractivity contribution in [2.45, 2.75) is 57.9 Å². The number of alkyl carbamates (subject to hydrolysis) is 1. The van der Waals surface area contributed by atoms with Crippen LogP contribution in [0.15, 0.2) is 60.7 Å². The number of ether oxygens (including phenoxy) is 1. The molecule has 0 aliphatic carbocycles. The molecule has 5 nitrogen and oxygen atoms in total. The van der Waals surface area contributed by atoms with Crippen LogP contribution in [-0.4, -0.2) is 35.5 Å². The second kappa shape index (κ2) is 10.2. The lowest BCUT2D eigenvalue weighted by Crippen LogP contribution is -2.50. The van der Waals surface area contributed by atoms with Crippen molar-refractivity contribution >= 4 is 6.09 Å². The molecule has 0 aliphatic heterocycles. The molecular weight excluding hydrogens is 352 g/mol. The van der Waals surface area contributed by atoms with E-state index in [0.717, 1.165) is 11.1 Å². The molecule has 2 rings (SSSR count). The van der Waals surface area contributed by atoms with Gasteiger partial charge in [0, 0.05) is 12.6 Å². The molecule has 2 aromatic carbocycles. The van der Waals surface area contributed by atoms with Crippen LogP contribution < -0.4 is 10.6 Å². The quantitative estimate of drug-likeness (QED) is 0.647. The van der Waals surface area contributed by atoms with E-state index in [-0.39, 0.29) is 6.04 Å². The van der Waals surface area contributed by atoms with Crippen molar-refractivity contribution in [1.82, 2.24) is 10.6 Å². The number of benzene rings is 2. The molecule has 3 atom stereocenters. The van der Waals surface area contributed by atoms with E-state index in [4.69, 9.17) is 4.74 Å². The highest BCUT2D eigenvalue weighted by Crippen LogP contribution is 2.13. The molecule has 0 radical (unpaired) electrons. The smallest absolute Gasteiger partial charge is 0.407 e. The van der Waals surface area contributed by atoms with Gasteiger partial charge in [0.1, 0.15) is 5.60 Å². The fourth-order valence-electron chi connectivity index (χ4n) is 2.91. The van der Waals surface area contributed by atoms with Crippen molar-refractivity contribution in [2.75, 3.05) is 6.54 Å². The minimum atomic E-state index is -0.765. The molecule has 0 bridgehead atoms. The summed E-state index contributed by atoms with van der Waals surface area (Å²) in [5.74, 6) is 0. The third kappa shape index (κ3) is 7.71. The van der Waals surface area contributed by atoms with Gasteiger partial charge in [0.05, 0.1) is 12.1 Å². The van der Waals surface area contributed by atoms with Gasteiger partial charge in [-0.2, -0.15) is 0 Å². The Labute approximate surface area is 168 Å². The van der Waals surface area contributed by atoms with Crippen molar-refractivity contribution < 1.29 is 14.6 Å². The van der Waals surface area contributed by atoms with Gasteiger partial charge in [-0.15, -0.1) is 0 Å². The van der Waals surface area contributed by atoms with Gasteiger partial charge in [-0.25, -0.2) is 4.79 Å². The molecule has 0 spiro atoms. The molecule has 0 saturated carbocycles. The Morgan fingerprint density at radius 1 is 1.04 bits per heavy atom. The molecule has 2 aromatic rings. The average molecular weight is 385 g/mol. The second-order valence-corrected chi connectivity index (χ2v) is 8.05. The van der Waals surface area contributed by atoms with Gasteiger partial charge in [-0.05, 0) is 45.2 Å². The first-order valence-corrected chi connectivity index (χ1v) is 9.74. The molecule has 0 aliphatic rings. The van der Waals surface area contributed by atoms with Crippen LogP contribution in [0.5, 0.6) is 0 Å². The van der Waals surface area contributed by atoms with Crippen LogP contribution in [0.4, 0.5) is 4.79 Å². The number of aliphatic hydroxyl groups excluding tert-OH is 1. The Morgan fingerprint density at radius 2 is 1.61 bits per heavy atom. The van der Waals surface area contributed by atoms with Crippen LogP contribution >= 0.6 is 0 Å². The highest BCUT2D eigenvalue weighted by molar-refractivity contribution is 5.68. The van der Waals surface area contributed by atoms with E-state index in [1.54, 1.807) is 0 Å². The molecule has 0 aromatic heterocycles. The largest absolute Gasteiger partial charge is 0.444 e. The molecule has 5 heteroatoms. The average Bonchev–Trinajstić information content (AvgIpc) is 2.65. The molecule has 152 valence electrons. The first-order chi connectivity index (χ1) is 13.2. The van der Waals surface area contributed by atoms with Crippen molar-refractivity contribution in [1.29, 1.82) is 0 Å². The number of hydrogen-bond acceptors (Lipinski definition) is 4. The lowest BCUT2D eigenvalue weighted by molar-refractivity contribution is 0.0420. The zero-order chi connectivity index (χ0) is 20.6. The van der Waals surface area contributed by atoms with Gasteiger partial charge in [-0.1, -0.05) is 60.7 Å². The van der Waals surface area contributed by atoms with Crippen LogP contribution in [0.3, 0.4) is 0 Å². The van der Waals surface area contributed by atoms with Crippen molar-refractivity contribution in [3.05, 3.63) is 71.8 Å². The van der Waals surface area contributed by atoms with E-state index in [9.17, 15) is 9.90 Å². The summed E-state index contributed by atoms with van der Waals surface area (Å²) in [7, 11) is 0. The predicted octanol–water partition coefficient (Wildman–Crippen LogP) is 3.83. The van der Waals surface area contributed by atoms with E-state index >= 15 is 0 Å². The lowest BCUT2D eigenvalue weighted by Gasteiger charge is -2.28. The highest BCUT2D eigenvalue weighted by atomic mass is 16.6. The van der Waals surface area contributed by atoms with Crippen LogP contribution in [0.1, 0.15) is 44.9 Å². The van der Waals surface area contributed by atoms with Gasteiger partial charge in [-0.3, -0.25) is 0 Å². The fraction of sp³-hybridized carbons (Fsp3) is 0.435. The Morgan fingerprint density at radius 3 is 2.18 bits per heavy atom. The predicted molar refractivity (Wildman–Crippen MR) is 112 cm³/mol. The summed E-state index contributed by atoms with van der Waals surface area (Å²) in [6, 6.07) is 19.5. The van der Waals surface area contributed by atoms with Crippen molar-refractivity contribution in [3.8, 4) is 0 Å². The van der Waals surface area contributed by atoms with E-state index < -0.39 is 23.8 Å². The summed E-state index contributed by atoms with van der Waals surface area (Å²) in [6.07, 6.45) is -0.773. The van der Waals surface area contributed by atoms with E-state index in [2.05, 4.69) is 17.6 Å². The third-order valence-corrected chi connectivity index (χ3v) is 4.40.